The van der Waals surface area contributed by atoms with Gasteiger partial charge in [-0.2, -0.15) is 0 Å². The molecule has 1 atom stereocenters. The van der Waals surface area contributed by atoms with Crippen LogP contribution in [0.3, 0.4) is 0 Å². The zero-order valence-electron chi connectivity index (χ0n) is 16.8. The summed E-state index contributed by atoms with van der Waals surface area (Å²) in [6.45, 7) is 2.79. The summed E-state index contributed by atoms with van der Waals surface area (Å²) < 4.78 is 3.13. The molecule has 0 unspecified atom stereocenters. The van der Waals surface area contributed by atoms with Crippen molar-refractivity contribution in [1.82, 2.24) is 19.3 Å². The third-order valence-corrected chi connectivity index (χ3v) is 8.71. The normalized spacial score (nSPS) is 20.1. The van der Waals surface area contributed by atoms with Crippen LogP contribution in [0.25, 0.3) is 15.2 Å². The van der Waals surface area contributed by atoms with E-state index in [4.69, 9.17) is 9.97 Å². The minimum atomic E-state index is 0.0918. The minimum absolute atomic E-state index is 0.0918. The van der Waals surface area contributed by atoms with E-state index in [-0.39, 0.29) is 5.56 Å². The van der Waals surface area contributed by atoms with E-state index in [0.29, 0.717) is 5.92 Å². The molecule has 0 bridgehead atoms. The quantitative estimate of drug-likeness (QED) is 0.470. The van der Waals surface area contributed by atoms with Gasteiger partial charge >= 0.3 is 0 Å². The van der Waals surface area contributed by atoms with Gasteiger partial charge in [0.2, 0.25) is 0 Å². The van der Waals surface area contributed by atoms with Gasteiger partial charge in [0.1, 0.15) is 0 Å². The molecule has 1 fully saturated rings. The molecule has 0 saturated carbocycles. The van der Waals surface area contributed by atoms with Crippen LogP contribution in [0.4, 0.5) is 0 Å². The van der Waals surface area contributed by atoms with Crippen LogP contribution < -0.4 is 5.56 Å². The molecule has 3 aromatic heterocycles. The summed E-state index contributed by atoms with van der Waals surface area (Å²) in [5.74, 6) is 0.468. The lowest BCUT2D eigenvalue weighted by atomic mass is 9.98. The zero-order valence-corrected chi connectivity index (χ0v) is 18.5. The van der Waals surface area contributed by atoms with Crippen LogP contribution in [0.15, 0.2) is 35.1 Å². The molecule has 0 spiro atoms. The van der Waals surface area contributed by atoms with Crippen molar-refractivity contribution in [2.45, 2.75) is 51.0 Å². The van der Waals surface area contributed by atoms with Crippen LogP contribution >= 0.6 is 22.7 Å². The fourth-order valence-electron chi connectivity index (χ4n) is 4.92. The van der Waals surface area contributed by atoms with Gasteiger partial charge in [0.05, 0.1) is 20.9 Å². The van der Waals surface area contributed by atoms with E-state index in [1.54, 1.807) is 17.4 Å². The van der Waals surface area contributed by atoms with Crippen molar-refractivity contribution >= 4 is 37.9 Å². The number of para-hydroxylation sites is 1. The monoisotopic (exact) mass is 436 g/mol. The average Bonchev–Trinajstić information content (AvgIpc) is 3.35. The van der Waals surface area contributed by atoms with E-state index in [2.05, 4.69) is 29.2 Å². The number of rotatable bonds is 3. The van der Waals surface area contributed by atoms with Crippen molar-refractivity contribution in [3.8, 4) is 0 Å². The second-order valence-electron chi connectivity index (χ2n) is 8.48. The Balaban J connectivity index is 1.25. The molecule has 1 saturated heterocycles. The van der Waals surface area contributed by atoms with E-state index in [1.165, 1.54) is 39.5 Å². The van der Waals surface area contributed by atoms with E-state index >= 15 is 0 Å². The van der Waals surface area contributed by atoms with E-state index in [9.17, 15) is 4.79 Å². The van der Waals surface area contributed by atoms with Crippen LogP contribution in [0, 0.1) is 0 Å². The Morgan fingerprint density at radius 1 is 1.07 bits per heavy atom. The Morgan fingerprint density at radius 2 is 1.97 bits per heavy atom. The lowest BCUT2D eigenvalue weighted by Crippen LogP contribution is -2.34. The first-order valence-electron chi connectivity index (χ1n) is 10.9. The number of benzene rings is 1. The van der Waals surface area contributed by atoms with Crippen molar-refractivity contribution in [1.29, 1.82) is 0 Å². The first-order chi connectivity index (χ1) is 14.7. The maximum absolute atomic E-state index is 12.9. The second-order valence-corrected chi connectivity index (χ2v) is 10.6. The number of piperidine rings is 1. The third kappa shape index (κ3) is 3.29. The van der Waals surface area contributed by atoms with Gasteiger partial charge in [-0.25, -0.2) is 9.97 Å². The Morgan fingerprint density at radius 3 is 2.90 bits per heavy atom. The Labute approximate surface area is 183 Å². The highest BCUT2D eigenvalue weighted by atomic mass is 32.1. The predicted octanol–water partition coefficient (Wildman–Crippen LogP) is 4.62. The molecule has 5 nitrogen and oxygen atoms in total. The van der Waals surface area contributed by atoms with Gasteiger partial charge < -0.3 is 0 Å². The van der Waals surface area contributed by atoms with Crippen LogP contribution in [-0.4, -0.2) is 32.4 Å². The van der Waals surface area contributed by atoms with Crippen LogP contribution in [0.1, 0.15) is 52.9 Å². The van der Waals surface area contributed by atoms with Crippen LogP contribution in [0.2, 0.25) is 0 Å². The van der Waals surface area contributed by atoms with E-state index in [0.717, 1.165) is 55.1 Å². The molecule has 1 aromatic carbocycles. The molecule has 4 aromatic rings. The molecular formula is C23H24N4OS2. The molecular weight excluding hydrogens is 412 g/mol. The molecule has 2 aliphatic rings. The third-order valence-electron chi connectivity index (χ3n) is 6.37. The smallest absolute Gasteiger partial charge is 0.259 e. The molecule has 7 heteroatoms. The fourth-order valence-corrected chi connectivity index (χ4v) is 7.24. The van der Waals surface area contributed by atoms with E-state index in [1.807, 2.05) is 15.7 Å². The molecule has 4 heterocycles. The Bertz CT molecular complexity index is 1250. The Kier molecular flexibility index (Phi) is 4.70. The molecule has 6 rings (SSSR count). The number of hydrogen-bond donors (Lipinski definition) is 0. The van der Waals surface area contributed by atoms with Crippen molar-refractivity contribution in [2.24, 2.45) is 0 Å². The SMILES string of the molecule is O=c1cc(CN2CCC[C@H](c3nc4ccccc4s3)C2)nc2sc3c(n12)CCCC3. The molecule has 154 valence electrons. The standard InChI is InChI=1S/C23H24N4OS2/c28-21-12-16(24-23-27(21)18-8-2-4-10-20(18)30-23)14-26-11-5-6-15(13-26)22-25-17-7-1-3-9-19(17)29-22/h1,3,7,9,12,15H,2,4-6,8,10-11,13-14H2/t15-/m0/s1. The molecule has 0 amide bonds. The minimum Gasteiger partial charge on any atom is -0.297 e. The summed E-state index contributed by atoms with van der Waals surface area (Å²) in [6.07, 6.45) is 6.84. The van der Waals surface area contributed by atoms with Crippen molar-refractivity contribution in [3.63, 3.8) is 0 Å². The fraction of sp³-hybridized carbons (Fsp3) is 0.435. The topological polar surface area (TPSA) is 50.5 Å². The van der Waals surface area contributed by atoms with Gasteiger partial charge in [0.25, 0.3) is 5.56 Å². The number of thiazole rings is 2. The molecule has 1 aliphatic carbocycles. The number of hydrogen-bond acceptors (Lipinski definition) is 6. The van der Waals surface area contributed by atoms with Gasteiger partial charge in [-0.15, -0.1) is 22.7 Å². The van der Waals surface area contributed by atoms with Crippen LogP contribution in [0.5, 0.6) is 0 Å². The summed E-state index contributed by atoms with van der Waals surface area (Å²) in [6, 6.07) is 10.2. The van der Waals surface area contributed by atoms with Gasteiger partial charge in [-0.1, -0.05) is 12.1 Å². The summed E-state index contributed by atoms with van der Waals surface area (Å²) >= 11 is 3.54. The maximum Gasteiger partial charge on any atom is 0.259 e. The molecule has 0 N–H and O–H groups in total. The van der Waals surface area contributed by atoms with Gasteiger partial charge in [-0.3, -0.25) is 14.1 Å². The predicted molar refractivity (Wildman–Crippen MR) is 123 cm³/mol. The summed E-state index contributed by atoms with van der Waals surface area (Å²) in [5.41, 5.74) is 3.31. The summed E-state index contributed by atoms with van der Waals surface area (Å²) in [5, 5.41) is 1.25. The maximum atomic E-state index is 12.9. The number of nitrogens with zero attached hydrogens (tertiary/aromatic N) is 4. The highest BCUT2D eigenvalue weighted by Gasteiger charge is 2.25. The molecule has 1 aliphatic heterocycles. The van der Waals surface area contributed by atoms with Crippen LogP contribution in [-0.2, 0) is 19.4 Å². The highest BCUT2D eigenvalue weighted by Crippen LogP contribution is 2.33. The largest absolute Gasteiger partial charge is 0.297 e. The van der Waals surface area contributed by atoms with Gasteiger partial charge in [0.15, 0.2) is 4.96 Å². The second kappa shape index (κ2) is 7.55. The molecule has 30 heavy (non-hydrogen) atoms. The highest BCUT2D eigenvalue weighted by molar-refractivity contribution is 7.18. The average molecular weight is 437 g/mol. The lowest BCUT2D eigenvalue weighted by Gasteiger charge is -2.31. The van der Waals surface area contributed by atoms with Crippen molar-refractivity contribution in [2.75, 3.05) is 13.1 Å². The first kappa shape index (κ1) is 18.7. The Hall–Kier alpha value is -2.09. The van der Waals surface area contributed by atoms with Crippen molar-refractivity contribution in [3.05, 3.63) is 62.0 Å². The zero-order chi connectivity index (χ0) is 20.1. The number of aromatic nitrogens is 3. The number of fused-ring (bicyclic) bond motifs is 4. The lowest BCUT2D eigenvalue weighted by molar-refractivity contribution is 0.198. The van der Waals surface area contributed by atoms with E-state index < -0.39 is 0 Å². The number of likely N-dealkylation sites (tertiary alicyclic amines) is 1. The molecule has 0 radical (unpaired) electrons. The summed E-state index contributed by atoms with van der Waals surface area (Å²) in [4.78, 5) is 27.3. The first-order valence-corrected chi connectivity index (χ1v) is 12.5. The van der Waals surface area contributed by atoms with Gasteiger partial charge in [0, 0.05) is 35.6 Å². The number of aryl methyl sites for hydroxylation is 2. The summed E-state index contributed by atoms with van der Waals surface area (Å²) in [7, 11) is 0. The van der Waals surface area contributed by atoms with Gasteiger partial charge in [-0.05, 0) is 57.2 Å². The van der Waals surface area contributed by atoms with Crippen molar-refractivity contribution < 1.29 is 0 Å².